The van der Waals surface area contributed by atoms with Gasteiger partial charge in [-0.05, 0) is 38.8 Å². The summed E-state index contributed by atoms with van der Waals surface area (Å²) in [5.41, 5.74) is 0.242. The highest BCUT2D eigenvalue weighted by Gasteiger charge is 2.47. The lowest BCUT2D eigenvalue weighted by atomic mass is 10.0. The van der Waals surface area contributed by atoms with Crippen LogP contribution < -0.4 is 5.56 Å². The van der Waals surface area contributed by atoms with Gasteiger partial charge in [0.2, 0.25) is 0 Å². The van der Waals surface area contributed by atoms with Gasteiger partial charge in [-0.15, -0.1) is 13.2 Å². The number of aryl methyl sites for hydroxylation is 1. The van der Waals surface area contributed by atoms with E-state index in [1.54, 1.807) is 11.5 Å². The van der Waals surface area contributed by atoms with Crippen LogP contribution in [0.25, 0.3) is 11.2 Å². The Labute approximate surface area is 175 Å². The summed E-state index contributed by atoms with van der Waals surface area (Å²) in [5.74, 6) is 1.29. The Hall–Kier alpha value is -1.12. The van der Waals surface area contributed by atoms with Crippen LogP contribution in [0.3, 0.4) is 0 Å². The zero-order valence-corrected chi connectivity index (χ0v) is 19.3. The summed E-state index contributed by atoms with van der Waals surface area (Å²) < 4.78 is 7.86. The van der Waals surface area contributed by atoms with Gasteiger partial charge in [0, 0.05) is 5.75 Å². The van der Waals surface area contributed by atoms with Crippen molar-refractivity contribution in [3.63, 3.8) is 0 Å². The van der Waals surface area contributed by atoms with Crippen molar-refractivity contribution in [2.75, 3.05) is 25.2 Å². The number of aliphatic hydroxyl groups excluding tert-OH is 2. The van der Waals surface area contributed by atoms with Gasteiger partial charge in [0.1, 0.15) is 18.0 Å². The van der Waals surface area contributed by atoms with E-state index in [1.165, 1.54) is 11.8 Å². The maximum atomic E-state index is 12.4. The lowest BCUT2D eigenvalue weighted by Crippen LogP contribution is -2.36. The van der Waals surface area contributed by atoms with Crippen LogP contribution in [0.4, 0.5) is 0 Å². The molecular weight excluding hydrogens is 411 g/mol. The van der Waals surface area contributed by atoms with Crippen molar-refractivity contribution in [2.24, 2.45) is 5.92 Å². The van der Waals surface area contributed by atoms with Gasteiger partial charge in [0.15, 0.2) is 22.5 Å². The molecule has 3 rings (SSSR count). The van der Waals surface area contributed by atoms with Crippen molar-refractivity contribution >= 4 is 36.1 Å². The number of aromatic nitrogens is 4. The second kappa shape index (κ2) is 8.55. The van der Waals surface area contributed by atoms with E-state index < -0.39 is 31.4 Å². The normalized spacial score (nSPS) is 26.3. The third-order valence-electron chi connectivity index (χ3n) is 4.94. The lowest BCUT2D eigenvalue weighted by Gasteiger charge is -2.26. The molecule has 8 nitrogen and oxygen atoms in total. The Morgan fingerprint density at radius 2 is 2.03 bits per heavy atom. The summed E-state index contributed by atoms with van der Waals surface area (Å²) in [6.45, 7) is 8.72. The fourth-order valence-electron chi connectivity index (χ4n) is 3.85. The maximum Gasteiger partial charge on any atom is 0.279 e. The van der Waals surface area contributed by atoms with Gasteiger partial charge in [-0.1, -0.05) is 25.6 Å². The molecule has 29 heavy (non-hydrogen) atoms. The molecule has 0 aromatic carbocycles. The number of nitrogens with zero attached hydrogens (tertiary/aromatic N) is 3. The number of fused-ring (bicyclic) bond motifs is 1. The molecule has 3 heterocycles. The summed E-state index contributed by atoms with van der Waals surface area (Å²) in [5, 5.41) is 22.1. The molecule has 0 bridgehead atoms. The molecule has 1 saturated heterocycles. The van der Waals surface area contributed by atoms with Gasteiger partial charge in [-0.2, -0.15) is 0 Å². The number of aromatic amines is 1. The van der Waals surface area contributed by atoms with Crippen molar-refractivity contribution in [2.45, 2.75) is 56.9 Å². The Morgan fingerprint density at radius 3 is 2.66 bits per heavy atom. The van der Waals surface area contributed by atoms with Crippen LogP contribution in [0, 0.1) is 12.8 Å². The smallest absolute Gasteiger partial charge is 0.279 e. The molecule has 2 aromatic rings. The Bertz CT molecular complexity index is 984. The lowest BCUT2D eigenvalue weighted by molar-refractivity contribution is -0.0527. The molecule has 2 aromatic heterocycles. The summed E-state index contributed by atoms with van der Waals surface area (Å²) in [6, 6.07) is 0. The van der Waals surface area contributed by atoms with E-state index in [0.29, 0.717) is 16.6 Å². The average Bonchev–Trinajstić information content (AvgIpc) is 3.10. The van der Waals surface area contributed by atoms with Crippen LogP contribution in [0.2, 0.25) is 0 Å². The second-order valence-corrected chi connectivity index (χ2v) is 13.8. The highest BCUT2D eigenvalue weighted by molar-refractivity contribution is 7.99. The van der Waals surface area contributed by atoms with E-state index in [1.807, 2.05) is 6.92 Å². The van der Waals surface area contributed by atoms with Crippen LogP contribution in [0.15, 0.2) is 9.95 Å². The Kier molecular flexibility index (Phi) is 6.65. The first kappa shape index (κ1) is 22.6. The third-order valence-corrected chi connectivity index (χ3v) is 7.67. The number of hydrogen-bond donors (Lipinski definition) is 3. The van der Waals surface area contributed by atoms with E-state index >= 15 is 0 Å². The molecule has 1 unspecified atom stereocenters. The van der Waals surface area contributed by atoms with Crippen LogP contribution in [-0.2, 0) is 4.74 Å². The minimum Gasteiger partial charge on any atom is -0.388 e. The monoisotopic (exact) mass is 442 g/mol. The van der Waals surface area contributed by atoms with Gasteiger partial charge >= 0.3 is 0 Å². The van der Waals surface area contributed by atoms with Crippen molar-refractivity contribution in [3.8, 4) is 0 Å². The van der Waals surface area contributed by atoms with Crippen molar-refractivity contribution < 1.29 is 14.9 Å². The molecule has 1 fully saturated rings. The third kappa shape index (κ3) is 4.64. The second-order valence-electron chi connectivity index (χ2n) is 8.50. The Balaban J connectivity index is 2.04. The molecule has 5 atom stereocenters. The first-order valence-electron chi connectivity index (χ1n) is 9.84. The number of rotatable bonds is 7. The zero-order chi connectivity index (χ0) is 21.5. The van der Waals surface area contributed by atoms with Gasteiger partial charge < -0.3 is 19.9 Å². The van der Waals surface area contributed by atoms with E-state index in [4.69, 9.17) is 4.74 Å². The molecule has 1 aliphatic rings. The van der Waals surface area contributed by atoms with E-state index in [0.717, 1.165) is 18.3 Å². The molecule has 1 aliphatic heterocycles. The van der Waals surface area contributed by atoms with Crippen molar-refractivity contribution in [1.82, 2.24) is 19.5 Å². The number of aliphatic hydroxyl groups is 2. The van der Waals surface area contributed by atoms with Crippen molar-refractivity contribution in [3.05, 3.63) is 16.2 Å². The Morgan fingerprint density at radius 1 is 1.34 bits per heavy atom. The number of H-pyrrole nitrogens is 1. The van der Waals surface area contributed by atoms with Crippen LogP contribution >= 0.6 is 18.6 Å². The van der Waals surface area contributed by atoms with Gasteiger partial charge in [-0.25, -0.2) is 9.97 Å². The molecule has 3 N–H and O–H groups in total. The molecule has 0 aliphatic carbocycles. The number of nitrogens with one attached hydrogen (secondary N) is 1. The van der Waals surface area contributed by atoms with E-state index in [2.05, 4.69) is 41.5 Å². The minimum atomic E-state index is -1.33. The van der Waals surface area contributed by atoms with Crippen LogP contribution in [0.1, 0.15) is 32.3 Å². The number of thioether (sulfide) groups is 1. The highest BCUT2D eigenvalue weighted by atomic mass is 32.2. The van der Waals surface area contributed by atoms with Gasteiger partial charge in [0.25, 0.3) is 5.56 Å². The predicted octanol–water partition coefficient (Wildman–Crippen LogP) is 1.89. The van der Waals surface area contributed by atoms with Crippen LogP contribution in [-0.4, -0.2) is 79.6 Å². The SMILES string of the molecule is C=P(C)(C)CC(C)[C@H]1O[C@@H](n2c(SCCC)nc3c(=O)[nH]c(C)nc32)[C@H](O)[C@@H]1O. The fraction of sp³-hybridized carbons (Fsp3) is 0.684. The van der Waals surface area contributed by atoms with E-state index in [-0.39, 0.29) is 17.0 Å². The summed E-state index contributed by atoms with van der Waals surface area (Å²) in [7, 11) is 0. The van der Waals surface area contributed by atoms with Crippen molar-refractivity contribution in [1.29, 1.82) is 0 Å². The minimum absolute atomic E-state index is 0.0325. The molecule has 0 spiro atoms. The first-order valence-corrected chi connectivity index (χ1v) is 13.9. The fourth-order valence-corrected chi connectivity index (χ4v) is 6.49. The predicted molar refractivity (Wildman–Crippen MR) is 120 cm³/mol. The number of imidazole rings is 1. The summed E-state index contributed by atoms with van der Waals surface area (Å²) in [6.07, 6.45) is 2.45. The molecule has 0 radical (unpaired) electrons. The maximum absolute atomic E-state index is 12.4. The topological polar surface area (TPSA) is 113 Å². The van der Waals surface area contributed by atoms with Crippen LogP contribution in [0.5, 0.6) is 0 Å². The molecule has 10 heteroatoms. The summed E-state index contributed by atoms with van der Waals surface area (Å²) in [4.78, 5) is 24.0. The number of hydrogen-bond acceptors (Lipinski definition) is 7. The summed E-state index contributed by atoms with van der Waals surface area (Å²) >= 11 is 1.48. The molecular formula is C19H31N4O4PS. The first-order chi connectivity index (χ1) is 13.5. The molecule has 0 saturated carbocycles. The van der Waals surface area contributed by atoms with E-state index in [9.17, 15) is 15.0 Å². The highest BCUT2D eigenvalue weighted by Crippen LogP contribution is 2.43. The standard InChI is InChI=1S/C19H31N4O4PS/c1-7-8-29-19-22-12-16(20-11(3)21-17(12)26)23(19)18-14(25)13(24)15(27-18)10(2)9-28(4,5)6/h10,13-15,18,24-25H,4,7-9H2,1-3,5-6H3,(H,20,21,26)/t10?,13-,14+,15+,18+/m0/s1. The largest absolute Gasteiger partial charge is 0.388 e. The number of ether oxygens (including phenoxy) is 1. The average molecular weight is 443 g/mol. The molecule has 0 amide bonds. The molecule has 162 valence electrons. The quantitative estimate of drug-likeness (QED) is 0.443. The zero-order valence-electron chi connectivity index (χ0n) is 17.6. The van der Waals surface area contributed by atoms with Gasteiger partial charge in [-0.3, -0.25) is 9.36 Å². The van der Waals surface area contributed by atoms with Gasteiger partial charge in [0.05, 0.1) is 6.10 Å².